The first-order chi connectivity index (χ1) is 15.3. The van der Waals surface area contributed by atoms with E-state index in [0.29, 0.717) is 32.4 Å². The number of carbonyl (C=O) groups excluding carboxylic acids is 3. The zero-order valence-corrected chi connectivity index (χ0v) is 18.3. The Hall–Kier alpha value is -3.68. The quantitative estimate of drug-likeness (QED) is 0.187. The monoisotopic (exact) mass is 469 g/mol. The molecule has 7 nitrogen and oxygen atoms in total. The van der Waals surface area contributed by atoms with Crippen molar-refractivity contribution >= 4 is 52.9 Å². The van der Waals surface area contributed by atoms with Crippen molar-refractivity contribution in [3.8, 4) is 5.75 Å². The third kappa shape index (κ3) is 6.16. The standard InChI is InChI=1S/C23H17Cl2N3O4/c1-14-19(25)6-3-7-20(14)27-21(29)22(30)28-26-13-15-4-2-5-18(12-15)32-23(31)16-8-10-17(24)11-9-16/h2-13H,1H3,(H,27,29)(H,28,30)/b26-13+. The number of hydrogen-bond donors (Lipinski definition) is 2. The molecule has 3 rings (SSSR count). The zero-order chi connectivity index (χ0) is 23.1. The number of anilines is 1. The van der Waals surface area contributed by atoms with Crippen LogP contribution in [0.1, 0.15) is 21.5 Å². The molecule has 0 aliphatic rings. The van der Waals surface area contributed by atoms with Gasteiger partial charge in [-0.3, -0.25) is 9.59 Å². The Labute approximate surface area is 194 Å². The zero-order valence-electron chi connectivity index (χ0n) is 16.8. The molecule has 0 saturated carbocycles. The lowest BCUT2D eigenvalue weighted by molar-refractivity contribution is -0.136. The SMILES string of the molecule is Cc1c(Cl)cccc1NC(=O)C(=O)N/N=C/c1cccc(OC(=O)c2ccc(Cl)cc2)c1. The molecule has 162 valence electrons. The van der Waals surface area contributed by atoms with Gasteiger partial charge < -0.3 is 10.1 Å². The summed E-state index contributed by atoms with van der Waals surface area (Å²) in [6.45, 7) is 1.72. The van der Waals surface area contributed by atoms with Crippen molar-refractivity contribution in [2.24, 2.45) is 5.10 Å². The third-order valence-electron chi connectivity index (χ3n) is 4.25. The van der Waals surface area contributed by atoms with Crippen LogP contribution in [0.15, 0.2) is 71.8 Å². The summed E-state index contributed by atoms with van der Waals surface area (Å²) in [5, 5.41) is 7.22. The highest BCUT2D eigenvalue weighted by atomic mass is 35.5. The van der Waals surface area contributed by atoms with Gasteiger partial charge in [-0.15, -0.1) is 0 Å². The lowest BCUT2D eigenvalue weighted by atomic mass is 10.2. The number of amides is 2. The van der Waals surface area contributed by atoms with Gasteiger partial charge in [-0.2, -0.15) is 5.10 Å². The second-order valence-electron chi connectivity index (χ2n) is 6.53. The number of esters is 1. The van der Waals surface area contributed by atoms with E-state index in [-0.39, 0.29) is 5.75 Å². The van der Waals surface area contributed by atoms with Gasteiger partial charge in [-0.05, 0) is 66.6 Å². The summed E-state index contributed by atoms with van der Waals surface area (Å²) in [5.41, 5.74) is 4.10. The van der Waals surface area contributed by atoms with Crippen LogP contribution < -0.4 is 15.5 Å². The molecule has 0 heterocycles. The molecule has 0 aromatic heterocycles. The predicted octanol–water partition coefficient (Wildman–Crippen LogP) is 4.61. The van der Waals surface area contributed by atoms with Gasteiger partial charge in [0.15, 0.2) is 0 Å². The van der Waals surface area contributed by atoms with Crippen molar-refractivity contribution in [3.63, 3.8) is 0 Å². The number of halogens is 2. The van der Waals surface area contributed by atoms with Crippen LogP contribution >= 0.6 is 23.2 Å². The number of nitrogens with one attached hydrogen (secondary N) is 2. The summed E-state index contributed by atoms with van der Waals surface area (Å²) in [5.74, 6) is -2.10. The molecule has 0 radical (unpaired) electrons. The molecule has 0 bridgehead atoms. The summed E-state index contributed by atoms with van der Waals surface area (Å²) >= 11 is 11.8. The fourth-order valence-corrected chi connectivity index (χ4v) is 2.85. The van der Waals surface area contributed by atoms with Gasteiger partial charge in [-0.25, -0.2) is 10.2 Å². The molecule has 3 aromatic carbocycles. The van der Waals surface area contributed by atoms with Crippen molar-refractivity contribution < 1.29 is 19.1 Å². The summed E-state index contributed by atoms with van der Waals surface area (Å²) in [6, 6.07) is 17.8. The molecule has 0 aliphatic carbocycles. The minimum Gasteiger partial charge on any atom is -0.423 e. The Balaban J connectivity index is 1.57. The highest BCUT2D eigenvalue weighted by Gasteiger charge is 2.14. The minimum atomic E-state index is -0.953. The number of hydrazone groups is 1. The first kappa shape index (κ1) is 23.0. The Morgan fingerprint density at radius 1 is 0.938 bits per heavy atom. The number of carbonyl (C=O) groups is 3. The van der Waals surface area contributed by atoms with E-state index in [1.807, 2.05) is 0 Å². The Morgan fingerprint density at radius 2 is 1.66 bits per heavy atom. The van der Waals surface area contributed by atoms with Crippen LogP contribution in [0, 0.1) is 6.92 Å². The van der Waals surface area contributed by atoms with Gasteiger partial charge in [-0.1, -0.05) is 41.4 Å². The van der Waals surface area contributed by atoms with Gasteiger partial charge in [0, 0.05) is 15.7 Å². The molecule has 0 saturated heterocycles. The van der Waals surface area contributed by atoms with Gasteiger partial charge in [0.05, 0.1) is 11.8 Å². The average Bonchev–Trinajstić information content (AvgIpc) is 2.77. The number of hydrogen-bond acceptors (Lipinski definition) is 5. The first-order valence-electron chi connectivity index (χ1n) is 9.31. The minimum absolute atomic E-state index is 0.286. The smallest absolute Gasteiger partial charge is 0.343 e. The van der Waals surface area contributed by atoms with E-state index in [2.05, 4.69) is 15.8 Å². The van der Waals surface area contributed by atoms with Gasteiger partial charge in [0.1, 0.15) is 5.75 Å². The largest absolute Gasteiger partial charge is 0.423 e. The second-order valence-corrected chi connectivity index (χ2v) is 7.38. The maximum absolute atomic E-state index is 12.2. The molecule has 0 unspecified atom stereocenters. The first-order valence-corrected chi connectivity index (χ1v) is 10.1. The number of ether oxygens (including phenoxy) is 1. The molecule has 32 heavy (non-hydrogen) atoms. The highest BCUT2D eigenvalue weighted by molar-refractivity contribution is 6.40. The van der Waals surface area contributed by atoms with Gasteiger partial charge >= 0.3 is 17.8 Å². The Kier molecular flexibility index (Phi) is 7.59. The Morgan fingerprint density at radius 3 is 2.41 bits per heavy atom. The summed E-state index contributed by atoms with van der Waals surface area (Å²) in [4.78, 5) is 36.2. The number of rotatable bonds is 5. The van der Waals surface area contributed by atoms with E-state index < -0.39 is 17.8 Å². The molecule has 0 fully saturated rings. The van der Waals surface area contributed by atoms with E-state index in [4.69, 9.17) is 27.9 Å². The molecule has 9 heteroatoms. The highest BCUT2D eigenvalue weighted by Crippen LogP contribution is 2.22. The van der Waals surface area contributed by atoms with Crippen LogP contribution in [0.5, 0.6) is 5.75 Å². The maximum atomic E-state index is 12.2. The van der Waals surface area contributed by atoms with E-state index in [9.17, 15) is 14.4 Å². The maximum Gasteiger partial charge on any atom is 0.343 e. The van der Waals surface area contributed by atoms with Crippen LogP contribution in [0.25, 0.3) is 0 Å². The Bertz CT molecular complexity index is 1190. The fourth-order valence-electron chi connectivity index (χ4n) is 2.55. The lowest BCUT2D eigenvalue weighted by Gasteiger charge is -2.08. The molecule has 2 N–H and O–H groups in total. The average molecular weight is 470 g/mol. The molecular weight excluding hydrogens is 453 g/mol. The van der Waals surface area contributed by atoms with Crippen LogP contribution in [0.3, 0.4) is 0 Å². The van der Waals surface area contributed by atoms with E-state index in [0.717, 1.165) is 0 Å². The van der Waals surface area contributed by atoms with Crippen molar-refractivity contribution in [2.45, 2.75) is 6.92 Å². The van der Waals surface area contributed by atoms with E-state index in [1.165, 1.54) is 6.21 Å². The lowest BCUT2D eigenvalue weighted by Crippen LogP contribution is -2.32. The van der Waals surface area contributed by atoms with Gasteiger partial charge in [0.2, 0.25) is 0 Å². The molecule has 0 spiro atoms. The van der Waals surface area contributed by atoms with Crippen LogP contribution in [0.4, 0.5) is 5.69 Å². The van der Waals surface area contributed by atoms with Crippen molar-refractivity contribution in [1.82, 2.24) is 5.43 Å². The summed E-state index contributed by atoms with van der Waals surface area (Å²) in [6.07, 6.45) is 1.31. The van der Waals surface area contributed by atoms with Crippen molar-refractivity contribution in [1.29, 1.82) is 0 Å². The van der Waals surface area contributed by atoms with Crippen molar-refractivity contribution in [3.05, 3.63) is 93.5 Å². The van der Waals surface area contributed by atoms with E-state index >= 15 is 0 Å². The summed E-state index contributed by atoms with van der Waals surface area (Å²) in [7, 11) is 0. The molecule has 0 aliphatic heterocycles. The molecule has 3 aromatic rings. The number of nitrogens with zero attached hydrogens (tertiary/aromatic N) is 1. The van der Waals surface area contributed by atoms with E-state index in [1.54, 1.807) is 73.7 Å². The molecule has 0 atom stereocenters. The molecular formula is C23H17Cl2N3O4. The van der Waals surface area contributed by atoms with Crippen LogP contribution in [-0.4, -0.2) is 24.0 Å². The third-order valence-corrected chi connectivity index (χ3v) is 4.91. The fraction of sp³-hybridized carbons (Fsp3) is 0.0435. The second kappa shape index (κ2) is 10.6. The van der Waals surface area contributed by atoms with Crippen LogP contribution in [0.2, 0.25) is 10.0 Å². The number of benzene rings is 3. The molecule has 2 amide bonds. The van der Waals surface area contributed by atoms with Crippen LogP contribution in [-0.2, 0) is 9.59 Å². The van der Waals surface area contributed by atoms with Crippen molar-refractivity contribution in [2.75, 3.05) is 5.32 Å². The summed E-state index contributed by atoms with van der Waals surface area (Å²) < 4.78 is 5.33. The topological polar surface area (TPSA) is 96.9 Å². The van der Waals surface area contributed by atoms with Gasteiger partial charge in [0.25, 0.3) is 0 Å². The normalized spacial score (nSPS) is 10.6. The predicted molar refractivity (Wildman–Crippen MR) is 123 cm³/mol.